The van der Waals surface area contributed by atoms with Crippen LogP contribution in [0.4, 0.5) is 10.5 Å². The average molecular weight is 523 g/mol. The van der Waals surface area contributed by atoms with Crippen molar-refractivity contribution in [2.24, 2.45) is 0 Å². The first-order valence-electron chi connectivity index (χ1n) is 13.6. The van der Waals surface area contributed by atoms with Crippen molar-refractivity contribution in [1.82, 2.24) is 24.8 Å². The normalized spacial score (nSPS) is 20.4. The molecule has 0 radical (unpaired) electrons. The first-order valence-corrected chi connectivity index (χ1v) is 13.6. The standard InChI is InChI=1S/C28H38N6O4/c1-28(2,3)38-27(35)34(12-14-37-24-8-4-5-13-36-24)21-7-6-11-33(18-21)23-9-10-31-26-25(23)22(17-32-26)20-15-29-19-30-16-20/h9-10,15-17,19,21,24H,4-8,11-14,18H2,1-3H3,(H,31,32)/t21-,24?/m0/s1. The van der Waals surface area contributed by atoms with Gasteiger partial charge < -0.3 is 29.0 Å². The van der Waals surface area contributed by atoms with Crippen LogP contribution in [0.2, 0.25) is 0 Å². The molecule has 10 heteroatoms. The van der Waals surface area contributed by atoms with Crippen molar-refractivity contribution < 1.29 is 19.0 Å². The van der Waals surface area contributed by atoms with E-state index in [1.165, 1.54) is 6.33 Å². The minimum atomic E-state index is -0.577. The number of nitrogens with one attached hydrogen (secondary N) is 1. The van der Waals surface area contributed by atoms with Gasteiger partial charge in [0.2, 0.25) is 0 Å². The van der Waals surface area contributed by atoms with Crippen molar-refractivity contribution in [3.63, 3.8) is 0 Å². The topological polar surface area (TPSA) is 106 Å². The Hall–Kier alpha value is -3.24. The smallest absolute Gasteiger partial charge is 0.410 e. The molecule has 2 aliphatic rings. The van der Waals surface area contributed by atoms with Gasteiger partial charge in [0.25, 0.3) is 0 Å². The first-order chi connectivity index (χ1) is 18.4. The van der Waals surface area contributed by atoms with Crippen LogP contribution in [0.3, 0.4) is 0 Å². The monoisotopic (exact) mass is 522 g/mol. The molecule has 0 spiro atoms. The van der Waals surface area contributed by atoms with Gasteiger partial charge >= 0.3 is 6.09 Å². The Labute approximate surface area is 223 Å². The molecule has 2 atom stereocenters. The number of amides is 1. The molecule has 0 bridgehead atoms. The summed E-state index contributed by atoms with van der Waals surface area (Å²) < 4.78 is 17.5. The SMILES string of the molecule is CC(C)(C)OC(=O)N(CCOC1CCCCO1)[C@H]1CCCN(c2ccnc3[nH]cc(-c4cncnc4)c23)C1. The number of hydrogen-bond acceptors (Lipinski definition) is 8. The molecule has 2 saturated heterocycles. The van der Waals surface area contributed by atoms with E-state index in [1.54, 1.807) is 0 Å². The number of pyridine rings is 1. The van der Waals surface area contributed by atoms with Gasteiger partial charge in [-0.2, -0.15) is 0 Å². The fraction of sp³-hybridized carbons (Fsp3) is 0.571. The summed E-state index contributed by atoms with van der Waals surface area (Å²) in [4.78, 5) is 33.8. The van der Waals surface area contributed by atoms with E-state index in [0.717, 1.165) is 73.1 Å². The highest BCUT2D eigenvalue weighted by Gasteiger charge is 2.33. The Kier molecular flexibility index (Phi) is 8.09. The van der Waals surface area contributed by atoms with Crippen molar-refractivity contribution in [1.29, 1.82) is 0 Å². The maximum atomic E-state index is 13.4. The third-order valence-electron chi connectivity index (χ3n) is 7.00. The van der Waals surface area contributed by atoms with Gasteiger partial charge in [-0.05, 0) is 58.9 Å². The van der Waals surface area contributed by atoms with Crippen LogP contribution >= 0.6 is 0 Å². The van der Waals surface area contributed by atoms with E-state index in [4.69, 9.17) is 14.2 Å². The summed E-state index contributed by atoms with van der Waals surface area (Å²) >= 11 is 0. The van der Waals surface area contributed by atoms with Gasteiger partial charge in [0, 0.05) is 67.8 Å². The summed E-state index contributed by atoms with van der Waals surface area (Å²) in [5, 5.41) is 1.03. The number of anilines is 1. The Balaban J connectivity index is 1.37. The Morgan fingerprint density at radius 1 is 1.21 bits per heavy atom. The fourth-order valence-corrected chi connectivity index (χ4v) is 5.27. The first kappa shape index (κ1) is 26.4. The molecule has 0 aliphatic carbocycles. The second-order valence-electron chi connectivity index (χ2n) is 11.0. The number of carbonyl (C=O) groups excluding carboxylic acids is 1. The molecule has 3 aromatic heterocycles. The van der Waals surface area contributed by atoms with Crippen molar-refractivity contribution in [2.75, 3.05) is 37.7 Å². The summed E-state index contributed by atoms with van der Waals surface area (Å²) in [6.45, 7) is 8.87. The fourth-order valence-electron chi connectivity index (χ4n) is 5.27. The molecule has 3 aromatic rings. The lowest BCUT2D eigenvalue weighted by molar-refractivity contribution is -0.164. The van der Waals surface area contributed by atoms with Crippen LogP contribution in [0, 0.1) is 0 Å². The van der Waals surface area contributed by atoms with Gasteiger partial charge in [-0.3, -0.25) is 0 Å². The number of H-pyrrole nitrogens is 1. The molecule has 1 amide bonds. The quantitative estimate of drug-likeness (QED) is 0.473. The summed E-state index contributed by atoms with van der Waals surface area (Å²) in [7, 11) is 0. The maximum Gasteiger partial charge on any atom is 0.410 e. The van der Waals surface area contributed by atoms with Gasteiger partial charge in [-0.25, -0.2) is 19.7 Å². The van der Waals surface area contributed by atoms with Crippen LogP contribution in [-0.2, 0) is 14.2 Å². The second-order valence-corrected chi connectivity index (χ2v) is 11.0. The molecule has 1 unspecified atom stereocenters. The summed E-state index contributed by atoms with van der Waals surface area (Å²) in [6, 6.07) is 2.04. The maximum absolute atomic E-state index is 13.4. The predicted octanol–water partition coefficient (Wildman–Crippen LogP) is 4.77. The number of ether oxygens (including phenoxy) is 3. The third kappa shape index (κ3) is 6.24. The molecule has 204 valence electrons. The van der Waals surface area contributed by atoms with Gasteiger partial charge in [0.1, 0.15) is 17.6 Å². The average Bonchev–Trinajstić information content (AvgIpc) is 3.36. The van der Waals surface area contributed by atoms with E-state index in [0.29, 0.717) is 19.7 Å². The number of aromatic nitrogens is 4. The highest BCUT2D eigenvalue weighted by atomic mass is 16.7. The second kappa shape index (κ2) is 11.7. The summed E-state index contributed by atoms with van der Waals surface area (Å²) in [5.74, 6) is 0. The Morgan fingerprint density at radius 2 is 2.05 bits per heavy atom. The number of piperidine rings is 1. The molecule has 2 aliphatic heterocycles. The number of nitrogens with zero attached hydrogens (tertiary/aromatic N) is 5. The Bertz CT molecular complexity index is 1210. The van der Waals surface area contributed by atoms with Crippen LogP contribution in [0.15, 0.2) is 37.2 Å². The number of aromatic amines is 1. The van der Waals surface area contributed by atoms with E-state index in [2.05, 4.69) is 24.8 Å². The molecule has 1 N–H and O–H groups in total. The third-order valence-corrected chi connectivity index (χ3v) is 7.00. The minimum absolute atomic E-state index is 0.0138. The van der Waals surface area contributed by atoms with Crippen LogP contribution in [0.1, 0.15) is 52.9 Å². The number of rotatable bonds is 7. The van der Waals surface area contributed by atoms with Crippen molar-refractivity contribution in [3.05, 3.63) is 37.2 Å². The lowest BCUT2D eigenvalue weighted by atomic mass is 10.0. The van der Waals surface area contributed by atoms with Crippen LogP contribution < -0.4 is 4.90 Å². The van der Waals surface area contributed by atoms with Gasteiger partial charge in [0.15, 0.2) is 6.29 Å². The van der Waals surface area contributed by atoms with E-state index in [-0.39, 0.29) is 18.4 Å². The van der Waals surface area contributed by atoms with Crippen LogP contribution in [-0.4, -0.2) is 81.7 Å². The largest absolute Gasteiger partial charge is 0.444 e. The van der Waals surface area contributed by atoms with Gasteiger partial charge in [-0.1, -0.05) is 0 Å². The van der Waals surface area contributed by atoms with E-state index in [9.17, 15) is 4.79 Å². The van der Waals surface area contributed by atoms with Crippen LogP contribution in [0.25, 0.3) is 22.2 Å². The number of hydrogen-bond donors (Lipinski definition) is 1. The molecule has 0 saturated carbocycles. The molecular weight excluding hydrogens is 484 g/mol. The molecule has 2 fully saturated rings. The van der Waals surface area contributed by atoms with E-state index < -0.39 is 5.60 Å². The Morgan fingerprint density at radius 3 is 2.82 bits per heavy atom. The molecule has 10 nitrogen and oxygen atoms in total. The van der Waals surface area contributed by atoms with Crippen molar-refractivity contribution in [3.8, 4) is 11.1 Å². The molecule has 5 heterocycles. The zero-order valence-electron chi connectivity index (χ0n) is 22.6. The zero-order chi connectivity index (χ0) is 26.5. The summed E-state index contributed by atoms with van der Waals surface area (Å²) in [5.41, 5.74) is 3.25. The molecular formula is C28H38N6O4. The van der Waals surface area contributed by atoms with E-state index >= 15 is 0 Å². The molecule has 5 rings (SSSR count). The highest BCUT2D eigenvalue weighted by molar-refractivity contribution is 6.02. The van der Waals surface area contributed by atoms with Crippen molar-refractivity contribution in [2.45, 2.75) is 70.8 Å². The predicted molar refractivity (Wildman–Crippen MR) is 145 cm³/mol. The lowest BCUT2D eigenvalue weighted by Crippen LogP contribution is -2.52. The summed E-state index contributed by atoms with van der Waals surface area (Å²) in [6.07, 6.45) is 13.4. The number of carbonyl (C=O) groups is 1. The minimum Gasteiger partial charge on any atom is -0.444 e. The van der Waals surface area contributed by atoms with E-state index in [1.807, 2.05) is 56.5 Å². The van der Waals surface area contributed by atoms with Gasteiger partial charge in [-0.15, -0.1) is 0 Å². The van der Waals surface area contributed by atoms with Crippen molar-refractivity contribution >= 4 is 22.8 Å². The zero-order valence-corrected chi connectivity index (χ0v) is 22.6. The van der Waals surface area contributed by atoms with Gasteiger partial charge in [0.05, 0.1) is 18.0 Å². The van der Waals surface area contributed by atoms with Crippen LogP contribution in [0.5, 0.6) is 0 Å². The lowest BCUT2D eigenvalue weighted by Gasteiger charge is -2.41. The number of fused-ring (bicyclic) bond motifs is 1. The molecule has 38 heavy (non-hydrogen) atoms. The highest BCUT2D eigenvalue weighted by Crippen LogP contribution is 2.36. The molecule has 0 aromatic carbocycles.